The second-order valence-electron chi connectivity index (χ2n) is 11.4. The molecule has 210 valence electrons. The minimum atomic E-state index is 0.290. The topological polar surface area (TPSA) is 6.48 Å². The van der Waals surface area contributed by atoms with E-state index in [1.165, 1.54) is 44.4 Å². The van der Waals surface area contributed by atoms with Crippen molar-refractivity contribution in [2.75, 3.05) is 9.80 Å². The molecule has 1 unspecified atom stereocenters. The van der Waals surface area contributed by atoms with E-state index in [1.807, 2.05) is 0 Å². The minimum absolute atomic E-state index is 0.290. The maximum absolute atomic E-state index is 2.50. The third-order valence-corrected chi connectivity index (χ3v) is 8.77. The molecule has 7 aromatic rings. The van der Waals surface area contributed by atoms with Crippen molar-refractivity contribution in [1.82, 2.24) is 0 Å². The summed E-state index contributed by atoms with van der Waals surface area (Å²) in [5, 5.41) is 2.48. The normalized spacial score (nSPS) is 14.0. The Morgan fingerprint density at radius 2 is 1.02 bits per heavy atom. The average molecular weight is 565 g/mol. The van der Waals surface area contributed by atoms with Crippen molar-refractivity contribution in [3.8, 4) is 11.1 Å². The monoisotopic (exact) mass is 564 g/mol. The molecule has 1 heterocycles. The van der Waals surface area contributed by atoms with E-state index in [0.717, 1.165) is 23.5 Å². The van der Waals surface area contributed by atoms with Gasteiger partial charge in [-0.25, -0.2) is 0 Å². The Morgan fingerprint density at radius 3 is 1.77 bits per heavy atom. The summed E-state index contributed by atoms with van der Waals surface area (Å²) in [7, 11) is 0. The summed E-state index contributed by atoms with van der Waals surface area (Å²) in [6.07, 6.45) is 1.01. The van der Waals surface area contributed by atoms with Gasteiger partial charge in [-0.3, -0.25) is 0 Å². The van der Waals surface area contributed by atoms with Gasteiger partial charge in [-0.1, -0.05) is 121 Å². The van der Waals surface area contributed by atoms with Crippen molar-refractivity contribution in [2.24, 2.45) is 0 Å². The van der Waals surface area contributed by atoms with E-state index in [1.54, 1.807) is 0 Å². The van der Waals surface area contributed by atoms with Gasteiger partial charge in [-0.05, 0) is 94.0 Å². The van der Waals surface area contributed by atoms with Crippen molar-refractivity contribution in [3.63, 3.8) is 0 Å². The second-order valence-corrected chi connectivity index (χ2v) is 11.4. The summed E-state index contributed by atoms with van der Waals surface area (Å²) in [6, 6.07) is 63.8. The number of nitrogens with zero attached hydrogens (tertiary/aromatic N) is 2. The molecule has 1 aliphatic rings. The van der Waals surface area contributed by atoms with Crippen LogP contribution in [0.3, 0.4) is 0 Å². The molecular formula is C42H32N2. The molecule has 44 heavy (non-hydrogen) atoms. The number of hydrogen-bond acceptors (Lipinski definition) is 2. The fraction of sp³-hybridized carbons (Fsp3) is 0.0476. The van der Waals surface area contributed by atoms with E-state index < -0.39 is 0 Å². The molecule has 0 amide bonds. The van der Waals surface area contributed by atoms with Gasteiger partial charge < -0.3 is 9.80 Å². The van der Waals surface area contributed by atoms with Gasteiger partial charge in [0, 0.05) is 28.4 Å². The lowest BCUT2D eigenvalue weighted by molar-refractivity contribution is 0.743. The van der Waals surface area contributed by atoms with E-state index in [2.05, 4.69) is 186 Å². The van der Waals surface area contributed by atoms with Crippen LogP contribution in [0.4, 0.5) is 28.4 Å². The molecule has 0 spiro atoms. The number of hydrogen-bond donors (Lipinski definition) is 0. The van der Waals surface area contributed by atoms with Crippen LogP contribution in [-0.2, 0) is 6.42 Å². The zero-order chi connectivity index (χ0) is 29.3. The van der Waals surface area contributed by atoms with Crippen LogP contribution in [0.2, 0.25) is 0 Å². The molecular weight excluding hydrogens is 532 g/mol. The van der Waals surface area contributed by atoms with Gasteiger partial charge in [0.1, 0.15) is 0 Å². The number of benzene rings is 7. The first-order valence-electron chi connectivity index (χ1n) is 15.3. The van der Waals surface area contributed by atoms with Crippen LogP contribution >= 0.6 is 0 Å². The molecule has 0 saturated carbocycles. The van der Waals surface area contributed by atoms with Gasteiger partial charge in [-0.2, -0.15) is 0 Å². The Balaban J connectivity index is 1.11. The predicted octanol–water partition coefficient (Wildman–Crippen LogP) is 11.4. The summed E-state index contributed by atoms with van der Waals surface area (Å²) in [5.41, 5.74) is 11.1. The van der Waals surface area contributed by atoms with Crippen LogP contribution in [0.5, 0.6) is 0 Å². The maximum atomic E-state index is 2.50. The third kappa shape index (κ3) is 4.81. The van der Waals surface area contributed by atoms with E-state index in [4.69, 9.17) is 0 Å². The Hall–Kier alpha value is -5.60. The molecule has 2 nitrogen and oxygen atoms in total. The first-order chi connectivity index (χ1) is 21.8. The van der Waals surface area contributed by atoms with E-state index >= 15 is 0 Å². The molecule has 2 heteroatoms. The van der Waals surface area contributed by atoms with Crippen molar-refractivity contribution in [3.05, 3.63) is 187 Å². The van der Waals surface area contributed by atoms with Crippen LogP contribution < -0.4 is 9.80 Å². The van der Waals surface area contributed by atoms with E-state index in [9.17, 15) is 0 Å². The summed E-state index contributed by atoms with van der Waals surface area (Å²) in [4.78, 5) is 4.83. The van der Waals surface area contributed by atoms with E-state index in [-0.39, 0.29) is 6.04 Å². The third-order valence-electron chi connectivity index (χ3n) is 8.77. The van der Waals surface area contributed by atoms with Gasteiger partial charge >= 0.3 is 0 Å². The molecule has 0 fully saturated rings. The number of fused-ring (bicyclic) bond motifs is 2. The Morgan fingerprint density at radius 1 is 0.455 bits per heavy atom. The summed E-state index contributed by atoms with van der Waals surface area (Å²) in [5.74, 6) is 0. The molecule has 0 aromatic heterocycles. The van der Waals surface area contributed by atoms with Gasteiger partial charge in [0.15, 0.2) is 0 Å². The van der Waals surface area contributed by atoms with Crippen LogP contribution in [0.1, 0.15) is 17.2 Å². The van der Waals surface area contributed by atoms with Gasteiger partial charge in [0.05, 0.1) is 6.04 Å². The van der Waals surface area contributed by atoms with Crippen LogP contribution in [-0.4, -0.2) is 0 Å². The zero-order valence-electron chi connectivity index (χ0n) is 24.4. The molecule has 0 saturated heterocycles. The second kappa shape index (κ2) is 11.2. The largest absolute Gasteiger partial charge is 0.333 e. The lowest BCUT2D eigenvalue weighted by Crippen LogP contribution is -2.19. The molecule has 7 aromatic carbocycles. The van der Waals surface area contributed by atoms with Crippen LogP contribution in [0, 0.1) is 0 Å². The minimum Gasteiger partial charge on any atom is -0.333 e. The highest BCUT2D eigenvalue weighted by molar-refractivity contribution is 5.89. The van der Waals surface area contributed by atoms with Crippen molar-refractivity contribution >= 4 is 39.2 Å². The predicted molar refractivity (Wildman–Crippen MR) is 186 cm³/mol. The summed E-state index contributed by atoms with van der Waals surface area (Å²) < 4.78 is 0. The molecule has 1 aliphatic heterocycles. The lowest BCUT2D eigenvalue weighted by Gasteiger charge is -2.28. The zero-order valence-corrected chi connectivity index (χ0v) is 24.4. The Labute approximate surface area is 259 Å². The SMILES string of the molecule is c1ccc(C2Cc3ccccc3N2c2ccc(-c3ccc(N(c4ccccc4)c4ccc5ccccc5c4)cc3)cc2)cc1. The van der Waals surface area contributed by atoms with Gasteiger partial charge in [0.2, 0.25) is 0 Å². The molecule has 1 atom stereocenters. The Kier molecular flexibility index (Phi) is 6.66. The standard InChI is InChI=1S/C42H32N2/c1-3-12-34(13-4-1)42-30-36-15-9-10-18-41(36)44(42)39-26-21-33(22-27-39)32-19-24-38(25-20-32)43(37-16-5-2-6-17-37)40-28-23-31-11-7-8-14-35(31)29-40/h1-29,42H,30H2. The summed E-state index contributed by atoms with van der Waals surface area (Å²) in [6.45, 7) is 0. The van der Waals surface area contributed by atoms with Crippen LogP contribution in [0.25, 0.3) is 21.9 Å². The molecule has 0 radical (unpaired) electrons. The highest BCUT2D eigenvalue weighted by Crippen LogP contribution is 2.45. The fourth-order valence-corrected chi connectivity index (χ4v) is 6.60. The first-order valence-corrected chi connectivity index (χ1v) is 15.3. The smallest absolute Gasteiger partial charge is 0.0632 e. The summed E-state index contributed by atoms with van der Waals surface area (Å²) >= 11 is 0. The number of para-hydroxylation sites is 2. The Bertz CT molecular complexity index is 2030. The van der Waals surface area contributed by atoms with Crippen LogP contribution in [0.15, 0.2) is 176 Å². The average Bonchev–Trinajstić information content (AvgIpc) is 3.49. The highest BCUT2D eigenvalue weighted by atomic mass is 15.2. The molecule has 0 bridgehead atoms. The fourth-order valence-electron chi connectivity index (χ4n) is 6.60. The van der Waals surface area contributed by atoms with E-state index in [0.29, 0.717) is 0 Å². The van der Waals surface area contributed by atoms with Crippen molar-refractivity contribution in [1.29, 1.82) is 0 Å². The van der Waals surface area contributed by atoms with Gasteiger partial charge in [-0.15, -0.1) is 0 Å². The van der Waals surface area contributed by atoms with Crippen molar-refractivity contribution in [2.45, 2.75) is 12.5 Å². The highest BCUT2D eigenvalue weighted by Gasteiger charge is 2.31. The molecule has 0 aliphatic carbocycles. The number of anilines is 5. The van der Waals surface area contributed by atoms with Crippen molar-refractivity contribution < 1.29 is 0 Å². The maximum Gasteiger partial charge on any atom is 0.0632 e. The quantitative estimate of drug-likeness (QED) is 0.198. The molecule has 0 N–H and O–H groups in total. The number of rotatable bonds is 6. The first kappa shape index (κ1) is 26.1. The molecule has 8 rings (SSSR count). The lowest BCUT2D eigenvalue weighted by atomic mass is 10.0. The van der Waals surface area contributed by atoms with Gasteiger partial charge in [0.25, 0.3) is 0 Å².